The van der Waals surface area contributed by atoms with E-state index >= 15 is 0 Å². The average molecular weight is 655 g/mol. The number of carbonyl (C=O) groups excluding carboxylic acids is 2. The van der Waals surface area contributed by atoms with E-state index in [4.69, 9.17) is 23.2 Å². The van der Waals surface area contributed by atoms with Gasteiger partial charge in [-0.3, -0.25) is 13.9 Å². The van der Waals surface area contributed by atoms with Gasteiger partial charge in [-0.1, -0.05) is 70.7 Å². The topological polar surface area (TPSA) is 86.8 Å². The van der Waals surface area contributed by atoms with Gasteiger partial charge in [0, 0.05) is 27.6 Å². The van der Waals surface area contributed by atoms with E-state index in [9.17, 15) is 18.0 Å². The highest BCUT2D eigenvalue weighted by atomic mass is 79.9. The molecule has 3 aromatic carbocycles. The molecular weight excluding hydrogens is 625 g/mol. The first-order chi connectivity index (χ1) is 18.5. The van der Waals surface area contributed by atoms with Crippen molar-refractivity contribution in [2.24, 2.45) is 0 Å². The van der Waals surface area contributed by atoms with Crippen molar-refractivity contribution >= 4 is 66.7 Å². The molecule has 11 heteroatoms. The molecule has 0 aromatic heterocycles. The summed E-state index contributed by atoms with van der Waals surface area (Å²) in [5.41, 5.74) is 1.00. The molecular formula is C28H30BrCl2N3O4S. The molecule has 0 radical (unpaired) electrons. The van der Waals surface area contributed by atoms with Gasteiger partial charge in [0.2, 0.25) is 11.8 Å². The number of benzene rings is 3. The van der Waals surface area contributed by atoms with Crippen LogP contribution in [0.3, 0.4) is 0 Å². The Morgan fingerprint density at radius 2 is 1.64 bits per heavy atom. The molecule has 39 heavy (non-hydrogen) atoms. The van der Waals surface area contributed by atoms with Gasteiger partial charge >= 0.3 is 0 Å². The lowest BCUT2D eigenvalue weighted by Gasteiger charge is -2.32. The van der Waals surface area contributed by atoms with Gasteiger partial charge in [0.1, 0.15) is 12.6 Å². The van der Waals surface area contributed by atoms with E-state index < -0.39 is 28.5 Å². The fourth-order valence-electron chi connectivity index (χ4n) is 3.80. The summed E-state index contributed by atoms with van der Waals surface area (Å²) in [4.78, 5) is 28.2. The van der Waals surface area contributed by atoms with Crippen molar-refractivity contribution in [2.75, 3.05) is 17.4 Å². The van der Waals surface area contributed by atoms with Crippen LogP contribution < -0.4 is 9.62 Å². The Balaban J connectivity index is 1.99. The third kappa shape index (κ3) is 8.45. The predicted octanol–water partition coefficient (Wildman–Crippen LogP) is 6.28. The maximum atomic E-state index is 13.9. The third-order valence-corrected chi connectivity index (χ3v) is 8.84. The number of anilines is 1. The summed E-state index contributed by atoms with van der Waals surface area (Å²) in [6.07, 6.45) is 1.72. The summed E-state index contributed by atoms with van der Waals surface area (Å²) >= 11 is 15.6. The Labute approximate surface area is 248 Å². The maximum Gasteiger partial charge on any atom is 0.264 e. The molecule has 1 N–H and O–H groups in total. The molecule has 3 aromatic rings. The van der Waals surface area contributed by atoms with Gasteiger partial charge in [-0.05, 0) is 73.5 Å². The molecule has 0 spiro atoms. The zero-order valence-electron chi connectivity index (χ0n) is 21.6. The average Bonchev–Trinajstić information content (AvgIpc) is 2.91. The summed E-state index contributed by atoms with van der Waals surface area (Å²) in [6, 6.07) is 18.5. The summed E-state index contributed by atoms with van der Waals surface area (Å²) in [6.45, 7) is 3.70. The van der Waals surface area contributed by atoms with Gasteiger partial charge in [-0.15, -0.1) is 0 Å². The fraction of sp³-hybridized carbons (Fsp3) is 0.286. The molecule has 0 aliphatic carbocycles. The second kappa shape index (κ2) is 14.2. The molecule has 0 aliphatic rings. The number of nitrogens with zero attached hydrogens (tertiary/aromatic N) is 2. The highest BCUT2D eigenvalue weighted by molar-refractivity contribution is 9.10. The van der Waals surface area contributed by atoms with E-state index in [1.807, 2.05) is 31.2 Å². The maximum absolute atomic E-state index is 13.9. The van der Waals surface area contributed by atoms with Gasteiger partial charge in [0.05, 0.1) is 10.6 Å². The van der Waals surface area contributed by atoms with Crippen LogP contribution in [0.15, 0.2) is 82.2 Å². The van der Waals surface area contributed by atoms with Crippen LogP contribution in [-0.2, 0) is 26.2 Å². The first-order valence-corrected chi connectivity index (χ1v) is 15.4. The molecule has 0 heterocycles. The standard InChI is InChI=1S/C28H30BrCl2N3O4S/c1-3-4-16-32-28(36)20(2)33(18-21-8-10-22(29)11-9-21)27(35)19-34(25-7-5-6-24(31)17-25)39(37,38)26-14-12-23(30)13-15-26/h5-15,17,20H,3-4,16,18-19H2,1-2H3,(H,32,36)/t20-/m1/s1. The first-order valence-electron chi connectivity index (χ1n) is 12.4. The van der Waals surface area contributed by atoms with E-state index in [1.54, 1.807) is 25.1 Å². The SMILES string of the molecule is CCCCNC(=O)[C@@H](C)N(Cc1ccc(Br)cc1)C(=O)CN(c1cccc(Cl)c1)S(=O)(=O)c1ccc(Cl)cc1. The quantitative estimate of drug-likeness (QED) is 0.233. The van der Waals surface area contributed by atoms with Crippen LogP contribution in [0.2, 0.25) is 10.0 Å². The lowest BCUT2D eigenvalue weighted by atomic mass is 10.1. The number of amides is 2. The highest BCUT2D eigenvalue weighted by Gasteiger charge is 2.32. The van der Waals surface area contributed by atoms with Crippen LogP contribution in [-0.4, -0.2) is 44.3 Å². The molecule has 0 saturated heterocycles. The van der Waals surface area contributed by atoms with Crippen LogP contribution in [0.5, 0.6) is 0 Å². The molecule has 1 atom stereocenters. The smallest absolute Gasteiger partial charge is 0.264 e. The van der Waals surface area contributed by atoms with Crippen LogP contribution in [0.1, 0.15) is 32.3 Å². The van der Waals surface area contributed by atoms with Gasteiger partial charge in [-0.2, -0.15) is 0 Å². The molecule has 2 amide bonds. The summed E-state index contributed by atoms with van der Waals surface area (Å²) < 4.78 is 29.4. The summed E-state index contributed by atoms with van der Waals surface area (Å²) in [7, 11) is -4.20. The Morgan fingerprint density at radius 3 is 2.26 bits per heavy atom. The molecule has 208 valence electrons. The predicted molar refractivity (Wildman–Crippen MR) is 160 cm³/mol. The Hall–Kier alpha value is -2.59. The molecule has 0 fully saturated rings. The minimum Gasteiger partial charge on any atom is -0.354 e. The van der Waals surface area contributed by atoms with Crippen LogP contribution in [0.4, 0.5) is 5.69 Å². The number of hydrogen-bond acceptors (Lipinski definition) is 4. The van der Waals surface area contributed by atoms with Crippen molar-refractivity contribution in [1.29, 1.82) is 0 Å². The number of sulfonamides is 1. The van der Waals surface area contributed by atoms with Gasteiger partial charge in [-0.25, -0.2) is 8.42 Å². The van der Waals surface area contributed by atoms with Crippen molar-refractivity contribution in [1.82, 2.24) is 10.2 Å². The zero-order valence-corrected chi connectivity index (χ0v) is 25.5. The molecule has 0 unspecified atom stereocenters. The van der Waals surface area contributed by atoms with Crippen molar-refractivity contribution in [3.8, 4) is 0 Å². The van der Waals surface area contributed by atoms with Crippen LogP contribution >= 0.6 is 39.1 Å². The normalized spacial score (nSPS) is 12.0. The van der Waals surface area contributed by atoms with E-state index in [2.05, 4.69) is 21.2 Å². The van der Waals surface area contributed by atoms with E-state index in [0.717, 1.165) is 27.2 Å². The second-order valence-corrected chi connectivity index (χ2v) is 12.6. The lowest BCUT2D eigenvalue weighted by Crippen LogP contribution is -2.51. The Bertz CT molecular complexity index is 1390. The largest absolute Gasteiger partial charge is 0.354 e. The summed E-state index contributed by atoms with van der Waals surface area (Å²) in [5, 5.41) is 3.55. The number of nitrogens with one attached hydrogen (secondary N) is 1. The molecule has 0 aliphatic heterocycles. The molecule has 3 rings (SSSR count). The second-order valence-electron chi connectivity index (χ2n) is 8.91. The Morgan fingerprint density at radius 1 is 0.974 bits per heavy atom. The summed E-state index contributed by atoms with van der Waals surface area (Å²) in [5.74, 6) is -0.864. The molecule has 0 bridgehead atoms. The van der Waals surface area contributed by atoms with E-state index in [-0.39, 0.29) is 23.0 Å². The number of halogens is 3. The zero-order chi connectivity index (χ0) is 28.6. The highest BCUT2D eigenvalue weighted by Crippen LogP contribution is 2.27. The fourth-order valence-corrected chi connectivity index (χ4v) is 5.78. The van der Waals surface area contributed by atoms with Crippen molar-refractivity contribution in [3.63, 3.8) is 0 Å². The third-order valence-electron chi connectivity index (χ3n) is 6.04. The first kappa shape index (κ1) is 30.9. The number of carbonyl (C=O) groups is 2. The molecule has 7 nitrogen and oxygen atoms in total. The van der Waals surface area contributed by atoms with Crippen LogP contribution in [0, 0.1) is 0 Å². The number of unbranched alkanes of at least 4 members (excludes halogenated alkanes) is 1. The minimum absolute atomic E-state index is 0.0375. The van der Waals surface area contributed by atoms with E-state index in [1.165, 1.54) is 35.2 Å². The Kier molecular flexibility index (Phi) is 11.2. The molecule has 0 saturated carbocycles. The van der Waals surface area contributed by atoms with E-state index in [0.29, 0.717) is 16.6 Å². The van der Waals surface area contributed by atoms with Gasteiger partial charge in [0.25, 0.3) is 10.0 Å². The van der Waals surface area contributed by atoms with Crippen molar-refractivity contribution < 1.29 is 18.0 Å². The van der Waals surface area contributed by atoms with Crippen LogP contribution in [0.25, 0.3) is 0 Å². The monoisotopic (exact) mass is 653 g/mol. The van der Waals surface area contributed by atoms with Gasteiger partial charge in [0.15, 0.2) is 0 Å². The lowest BCUT2D eigenvalue weighted by molar-refractivity contribution is -0.139. The number of rotatable bonds is 12. The number of hydrogen-bond donors (Lipinski definition) is 1. The van der Waals surface area contributed by atoms with Gasteiger partial charge < -0.3 is 10.2 Å². The van der Waals surface area contributed by atoms with Crippen molar-refractivity contribution in [3.05, 3.63) is 92.9 Å². The minimum atomic E-state index is -4.20. The van der Waals surface area contributed by atoms with Crippen molar-refractivity contribution in [2.45, 2.75) is 44.2 Å².